The van der Waals surface area contributed by atoms with Gasteiger partial charge >= 0.3 is 0 Å². The van der Waals surface area contributed by atoms with Crippen LogP contribution in [0.2, 0.25) is 0 Å². The second-order valence-electron chi connectivity index (χ2n) is 12.5. The lowest BCUT2D eigenvalue weighted by Gasteiger charge is -2.22. The first kappa shape index (κ1) is 24.4. The summed E-state index contributed by atoms with van der Waals surface area (Å²) in [6, 6.07) is 54.1. The van der Waals surface area contributed by atoms with Gasteiger partial charge in [0.25, 0.3) is 0 Å². The van der Waals surface area contributed by atoms with Gasteiger partial charge in [-0.3, -0.25) is 0 Å². The predicted molar refractivity (Wildman–Crippen MR) is 185 cm³/mol. The van der Waals surface area contributed by atoms with E-state index < -0.39 is 0 Å². The number of hydrogen-bond acceptors (Lipinski definition) is 0. The summed E-state index contributed by atoms with van der Waals surface area (Å²) < 4.78 is 0. The van der Waals surface area contributed by atoms with E-state index in [1.165, 1.54) is 87.6 Å². The fraction of sp³-hybridized carbons (Fsp3) is 0.0698. The second-order valence-corrected chi connectivity index (χ2v) is 12.5. The van der Waals surface area contributed by atoms with Gasteiger partial charge in [0.05, 0.1) is 0 Å². The van der Waals surface area contributed by atoms with Crippen LogP contribution in [0.3, 0.4) is 0 Å². The molecule has 0 heteroatoms. The highest BCUT2D eigenvalue weighted by Gasteiger charge is 2.36. The van der Waals surface area contributed by atoms with Gasteiger partial charge in [-0.05, 0) is 99.7 Å². The minimum Gasteiger partial charge on any atom is -0.0619 e. The molecule has 0 amide bonds. The van der Waals surface area contributed by atoms with Gasteiger partial charge in [0, 0.05) is 5.41 Å². The SMILES string of the molecule is CC1(C)c2ccccc2-c2c1ccc1c3ccc(-c4ccc(-c5ccc6ccccc6c5)cc4)cc3c3ccccc3c21. The Morgan fingerprint density at radius 3 is 1.74 bits per heavy atom. The van der Waals surface area contributed by atoms with E-state index in [0.717, 1.165) is 0 Å². The molecule has 0 unspecified atom stereocenters. The molecule has 0 N–H and O–H groups in total. The molecule has 0 aromatic heterocycles. The molecule has 9 rings (SSSR count). The van der Waals surface area contributed by atoms with Gasteiger partial charge < -0.3 is 0 Å². The van der Waals surface area contributed by atoms with Crippen LogP contribution in [0.15, 0.2) is 146 Å². The van der Waals surface area contributed by atoms with Crippen LogP contribution >= 0.6 is 0 Å². The summed E-state index contributed by atoms with van der Waals surface area (Å²) >= 11 is 0. The fourth-order valence-electron chi connectivity index (χ4n) is 7.64. The van der Waals surface area contributed by atoms with Crippen LogP contribution in [-0.2, 0) is 5.41 Å². The number of hydrogen-bond donors (Lipinski definition) is 0. The molecular formula is C43H30. The van der Waals surface area contributed by atoms with E-state index in [9.17, 15) is 0 Å². The van der Waals surface area contributed by atoms with E-state index in [0.29, 0.717) is 0 Å². The van der Waals surface area contributed by atoms with Gasteiger partial charge in [-0.15, -0.1) is 0 Å². The third kappa shape index (κ3) is 3.50. The Balaban J connectivity index is 1.23. The Kier molecular flexibility index (Phi) is 5.05. The Morgan fingerprint density at radius 1 is 0.372 bits per heavy atom. The van der Waals surface area contributed by atoms with Crippen molar-refractivity contribution in [1.29, 1.82) is 0 Å². The lowest BCUT2D eigenvalue weighted by Crippen LogP contribution is -2.14. The highest BCUT2D eigenvalue weighted by Crippen LogP contribution is 2.53. The van der Waals surface area contributed by atoms with Crippen molar-refractivity contribution in [3.05, 3.63) is 157 Å². The molecule has 0 nitrogen and oxygen atoms in total. The van der Waals surface area contributed by atoms with Gasteiger partial charge in [-0.1, -0.05) is 147 Å². The van der Waals surface area contributed by atoms with Crippen LogP contribution in [0.5, 0.6) is 0 Å². The first-order chi connectivity index (χ1) is 21.1. The molecule has 202 valence electrons. The Hall–Kier alpha value is -5.20. The smallest absolute Gasteiger partial charge is 0.0159 e. The maximum atomic E-state index is 2.40. The molecular weight excluding hydrogens is 516 g/mol. The molecule has 1 aliphatic carbocycles. The second kappa shape index (κ2) is 8.90. The molecule has 0 bridgehead atoms. The van der Waals surface area contributed by atoms with E-state index in [4.69, 9.17) is 0 Å². The molecule has 0 saturated carbocycles. The summed E-state index contributed by atoms with van der Waals surface area (Å²) in [7, 11) is 0. The molecule has 8 aromatic carbocycles. The zero-order valence-electron chi connectivity index (χ0n) is 24.4. The number of fused-ring (bicyclic) bond motifs is 11. The molecule has 0 saturated heterocycles. The first-order valence-electron chi connectivity index (χ1n) is 15.2. The highest BCUT2D eigenvalue weighted by molar-refractivity contribution is 6.29. The molecule has 0 heterocycles. The summed E-state index contributed by atoms with van der Waals surface area (Å²) in [5.74, 6) is 0. The largest absolute Gasteiger partial charge is 0.0619 e. The lowest BCUT2D eigenvalue weighted by atomic mass is 9.81. The molecule has 8 aromatic rings. The maximum Gasteiger partial charge on any atom is 0.0159 e. The van der Waals surface area contributed by atoms with E-state index in [1.54, 1.807) is 0 Å². The van der Waals surface area contributed by atoms with Crippen molar-refractivity contribution in [2.24, 2.45) is 0 Å². The van der Waals surface area contributed by atoms with E-state index in [-0.39, 0.29) is 5.41 Å². The summed E-state index contributed by atoms with van der Waals surface area (Å²) in [6.45, 7) is 4.73. The zero-order chi connectivity index (χ0) is 28.7. The van der Waals surface area contributed by atoms with Crippen LogP contribution in [0, 0.1) is 0 Å². The Morgan fingerprint density at radius 2 is 0.930 bits per heavy atom. The first-order valence-corrected chi connectivity index (χ1v) is 15.2. The minimum absolute atomic E-state index is 0.0148. The third-order valence-electron chi connectivity index (χ3n) is 9.85. The molecule has 1 aliphatic rings. The van der Waals surface area contributed by atoms with E-state index >= 15 is 0 Å². The summed E-state index contributed by atoms with van der Waals surface area (Å²) in [4.78, 5) is 0. The third-order valence-corrected chi connectivity index (χ3v) is 9.85. The van der Waals surface area contributed by atoms with Crippen LogP contribution in [0.4, 0.5) is 0 Å². The van der Waals surface area contributed by atoms with Crippen molar-refractivity contribution in [2.45, 2.75) is 19.3 Å². The fourth-order valence-corrected chi connectivity index (χ4v) is 7.64. The van der Waals surface area contributed by atoms with Crippen LogP contribution < -0.4 is 0 Å². The monoisotopic (exact) mass is 546 g/mol. The number of benzene rings is 8. The molecule has 0 aliphatic heterocycles. The van der Waals surface area contributed by atoms with Gasteiger partial charge in [-0.2, -0.15) is 0 Å². The molecule has 0 fully saturated rings. The Bertz CT molecular complexity index is 2380. The average molecular weight is 547 g/mol. The maximum absolute atomic E-state index is 2.40. The average Bonchev–Trinajstić information content (AvgIpc) is 3.30. The minimum atomic E-state index is -0.0148. The lowest BCUT2D eigenvalue weighted by molar-refractivity contribution is 0.661. The van der Waals surface area contributed by atoms with Crippen molar-refractivity contribution in [1.82, 2.24) is 0 Å². The van der Waals surface area contributed by atoms with Crippen molar-refractivity contribution in [3.8, 4) is 33.4 Å². The van der Waals surface area contributed by atoms with Crippen molar-refractivity contribution >= 4 is 43.1 Å². The molecule has 43 heavy (non-hydrogen) atoms. The van der Waals surface area contributed by atoms with Gasteiger partial charge in [0.1, 0.15) is 0 Å². The van der Waals surface area contributed by atoms with Gasteiger partial charge in [0.2, 0.25) is 0 Å². The van der Waals surface area contributed by atoms with Crippen molar-refractivity contribution in [3.63, 3.8) is 0 Å². The Labute approximate surface area is 251 Å². The zero-order valence-corrected chi connectivity index (χ0v) is 24.4. The standard InChI is InChI=1S/C43H30/c1-43(2)39-14-8-7-13-37(39)42-40(43)24-23-36-34-22-21-32(26-38(34)33-11-5-6-12-35(33)41(36)42)29-17-15-28(16-18-29)31-20-19-27-9-3-4-10-30(27)25-31/h3-26H,1-2H3. The summed E-state index contributed by atoms with van der Waals surface area (Å²) in [5.41, 5.74) is 10.6. The quantitative estimate of drug-likeness (QED) is 0.189. The summed E-state index contributed by atoms with van der Waals surface area (Å²) in [5, 5.41) is 10.5. The van der Waals surface area contributed by atoms with Gasteiger partial charge in [0.15, 0.2) is 0 Å². The normalized spacial score (nSPS) is 13.5. The molecule has 0 spiro atoms. The van der Waals surface area contributed by atoms with E-state index in [2.05, 4.69) is 159 Å². The van der Waals surface area contributed by atoms with Crippen molar-refractivity contribution in [2.75, 3.05) is 0 Å². The molecule has 0 radical (unpaired) electrons. The molecule has 0 atom stereocenters. The predicted octanol–water partition coefficient (Wildman–Crippen LogP) is 11.9. The van der Waals surface area contributed by atoms with E-state index in [1.807, 2.05) is 0 Å². The van der Waals surface area contributed by atoms with Crippen molar-refractivity contribution < 1.29 is 0 Å². The van der Waals surface area contributed by atoms with Crippen LogP contribution in [-0.4, -0.2) is 0 Å². The van der Waals surface area contributed by atoms with Crippen LogP contribution in [0.1, 0.15) is 25.0 Å². The summed E-state index contributed by atoms with van der Waals surface area (Å²) in [6.07, 6.45) is 0. The number of rotatable bonds is 2. The van der Waals surface area contributed by atoms with Gasteiger partial charge in [-0.25, -0.2) is 0 Å². The highest BCUT2D eigenvalue weighted by atomic mass is 14.4. The topological polar surface area (TPSA) is 0 Å². The van der Waals surface area contributed by atoms with Crippen LogP contribution in [0.25, 0.3) is 76.5 Å².